The highest BCUT2D eigenvalue weighted by Crippen LogP contribution is 2.17. The minimum absolute atomic E-state index is 0.125. The molecule has 0 saturated heterocycles. The Hall–Kier alpha value is -1.67. The fourth-order valence-electron chi connectivity index (χ4n) is 2.00. The summed E-state index contributed by atoms with van der Waals surface area (Å²) in [7, 11) is 0. The van der Waals surface area contributed by atoms with Crippen LogP contribution in [0.2, 0.25) is 0 Å². The van der Waals surface area contributed by atoms with Gasteiger partial charge in [0, 0.05) is 47.7 Å². The van der Waals surface area contributed by atoms with Gasteiger partial charge in [0.25, 0.3) is 0 Å². The molecule has 0 bridgehead atoms. The number of aromatic nitrogens is 1. The molecule has 0 aliphatic heterocycles. The summed E-state index contributed by atoms with van der Waals surface area (Å²) in [5.41, 5.74) is 2.33. The van der Waals surface area contributed by atoms with Crippen molar-refractivity contribution in [3.8, 4) is 11.8 Å². The van der Waals surface area contributed by atoms with Crippen LogP contribution in [0.4, 0.5) is 0 Å². The molecular weight excluding hydrogens is 280 g/mol. The molecule has 2 aromatic heterocycles. The Labute approximate surface area is 130 Å². The zero-order valence-electron chi connectivity index (χ0n) is 12.2. The van der Waals surface area contributed by atoms with Gasteiger partial charge in [-0.3, -0.25) is 9.88 Å². The van der Waals surface area contributed by atoms with Crippen molar-refractivity contribution in [3.63, 3.8) is 0 Å². The van der Waals surface area contributed by atoms with E-state index in [4.69, 9.17) is 5.11 Å². The van der Waals surface area contributed by atoms with E-state index in [1.807, 2.05) is 12.4 Å². The van der Waals surface area contributed by atoms with E-state index in [0.717, 1.165) is 25.2 Å². The first-order valence-corrected chi connectivity index (χ1v) is 7.98. The Bertz CT molecular complexity index is 598. The van der Waals surface area contributed by atoms with E-state index in [-0.39, 0.29) is 6.61 Å². The van der Waals surface area contributed by atoms with Crippen molar-refractivity contribution < 1.29 is 5.11 Å². The molecule has 21 heavy (non-hydrogen) atoms. The largest absolute Gasteiger partial charge is 0.395 e. The third-order valence-electron chi connectivity index (χ3n) is 3.11. The number of hydrogen-bond acceptors (Lipinski definition) is 4. The number of aliphatic hydroxyl groups is 1. The maximum absolute atomic E-state index is 8.73. The monoisotopic (exact) mass is 300 g/mol. The summed E-state index contributed by atoms with van der Waals surface area (Å²) in [5.74, 6) is 6.04. The summed E-state index contributed by atoms with van der Waals surface area (Å²) in [6.07, 6.45) is 4.21. The first kappa shape index (κ1) is 15.7. The number of rotatable bonds is 6. The fourth-order valence-corrected chi connectivity index (χ4v) is 2.85. The summed E-state index contributed by atoms with van der Waals surface area (Å²) in [6.45, 7) is 5.18. The number of pyridine rings is 1. The number of nitrogens with zero attached hydrogens (tertiary/aromatic N) is 2. The van der Waals surface area contributed by atoms with Crippen LogP contribution in [0.15, 0.2) is 36.0 Å². The van der Waals surface area contributed by atoms with Gasteiger partial charge in [0.1, 0.15) is 0 Å². The maximum atomic E-state index is 8.73. The zero-order valence-corrected chi connectivity index (χ0v) is 13.1. The van der Waals surface area contributed by atoms with Crippen LogP contribution in [0.1, 0.15) is 29.3 Å². The lowest BCUT2D eigenvalue weighted by Crippen LogP contribution is -2.21. The Balaban J connectivity index is 1.94. The Kier molecular flexibility index (Phi) is 6.42. The molecule has 0 aliphatic rings. The highest BCUT2D eigenvalue weighted by atomic mass is 32.1. The van der Waals surface area contributed by atoms with Crippen LogP contribution in [0.3, 0.4) is 0 Å². The quantitative estimate of drug-likeness (QED) is 0.833. The minimum Gasteiger partial charge on any atom is -0.395 e. The van der Waals surface area contributed by atoms with E-state index < -0.39 is 0 Å². The van der Waals surface area contributed by atoms with E-state index in [9.17, 15) is 0 Å². The maximum Gasteiger partial charge on any atom is 0.0540 e. The number of aliphatic hydroxyl groups excluding tert-OH is 1. The third-order valence-corrected chi connectivity index (χ3v) is 4.03. The zero-order chi connectivity index (χ0) is 14.9. The van der Waals surface area contributed by atoms with Crippen LogP contribution in [0, 0.1) is 11.8 Å². The van der Waals surface area contributed by atoms with Crippen LogP contribution in [-0.2, 0) is 13.1 Å². The van der Waals surface area contributed by atoms with Crippen molar-refractivity contribution in [1.29, 1.82) is 0 Å². The molecule has 0 aromatic carbocycles. The molecule has 0 unspecified atom stereocenters. The average molecular weight is 300 g/mol. The molecular formula is C17H20N2OS. The first-order valence-electron chi connectivity index (χ1n) is 7.10. The molecule has 0 atom stereocenters. The Morgan fingerprint density at radius 3 is 2.81 bits per heavy atom. The highest BCUT2D eigenvalue weighted by Gasteiger charge is 2.06. The fraction of sp³-hybridized carbons (Fsp3) is 0.353. The van der Waals surface area contributed by atoms with E-state index in [1.165, 1.54) is 10.4 Å². The topological polar surface area (TPSA) is 36.4 Å². The van der Waals surface area contributed by atoms with Crippen LogP contribution < -0.4 is 0 Å². The molecule has 0 saturated carbocycles. The second-order valence-corrected chi connectivity index (χ2v) is 5.73. The minimum atomic E-state index is 0.125. The summed E-state index contributed by atoms with van der Waals surface area (Å²) < 4.78 is 0. The Morgan fingerprint density at radius 2 is 2.10 bits per heavy atom. The van der Waals surface area contributed by atoms with Gasteiger partial charge >= 0.3 is 0 Å². The molecule has 0 aliphatic carbocycles. The molecule has 2 rings (SSSR count). The van der Waals surface area contributed by atoms with Crippen molar-refractivity contribution in [1.82, 2.24) is 9.88 Å². The summed E-state index contributed by atoms with van der Waals surface area (Å²) >= 11 is 1.74. The summed E-state index contributed by atoms with van der Waals surface area (Å²) in [5, 5.41) is 10.8. The van der Waals surface area contributed by atoms with Crippen LogP contribution in [0.5, 0.6) is 0 Å². The van der Waals surface area contributed by atoms with Gasteiger partial charge in [-0.15, -0.1) is 11.3 Å². The molecule has 0 amide bonds. The molecule has 0 radical (unpaired) electrons. The van der Waals surface area contributed by atoms with Gasteiger partial charge in [-0.1, -0.05) is 18.8 Å². The standard InChI is InChI=1S/C17H20N2OS/c1-2-19(12-15-6-8-18-9-7-15)13-17-11-16(14-21-17)5-3-4-10-20/h6-9,11,14,20H,2,4,10,12-13H2,1H3. The predicted octanol–water partition coefficient (Wildman–Crippen LogP) is 2.90. The molecule has 2 aromatic rings. The van der Waals surface area contributed by atoms with Gasteiger partial charge in [0.05, 0.1) is 6.61 Å². The van der Waals surface area contributed by atoms with E-state index >= 15 is 0 Å². The van der Waals surface area contributed by atoms with Crippen LogP contribution >= 0.6 is 11.3 Å². The predicted molar refractivity (Wildman–Crippen MR) is 86.9 cm³/mol. The second kappa shape index (κ2) is 8.58. The van der Waals surface area contributed by atoms with Crippen LogP contribution in [-0.4, -0.2) is 28.1 Å². The molecule has 110 valence electrons. The van der Waals surface area contributed by atoms with Gasteiger partial charge in [-0.2, -0.15) is 0 Å². The lowest BCUT2D eigenvalue weighted by molar-refractivity contribution is 0.274. The van der Waals surface area contributed by atoms with E-state index in [2.05, 4.69) is 52.2 Å². The molecule has 0 fully saturated rings. The summed E-state index contributed by atoms with van der Waals surface area (Å²) in [6, 6.07) is 6.26. The SMILES string of the molecule is CCN(Cc1ccncc1)Cc1cc(C#CCCO)cs1. The number of thiophene rings is 1. The van der Waals surface area contributed by atoms with Gasteiger partial charge in [0.15, 0.2) is 0 Å². The summed E-state index contributed by atoms with van der Waals surface area (Å²) in [4.78, 5) is 7.77. The highest BCUT2D eigenvalue weighted by molar-refractivity contribution is 7.10. The number of hydrogen-bond donors (Lipinski definition) is 1. The van der Waals surface area contributed by atoms with E-state index in [0.29, 0.717) is 6.42 Å². The normalized spacial score (nSPS) is 10.4. The molecule has 2 heterocycles. The molecule has 3 nitrogen and oxygen atoms in total. The van der Waals surface area contributed by atoms with Gasteiger partial charge < -0.3 is 5.11 Å². The average Bonchev–Trinajstić information content (AvgIpc) is 2.95. The van der Waals surface area contributed by atoms with E-state index in [1.54, 1.807) is 11.3 Å². The van der Waals surface area contributed by atoms with Crippen LogP contribution in [0.25, 0.3) is 0 Å². The second-order valence-electron chi connectivity index (χ2n) is 4.74. The third kappa shape index (κ3) is 5.31. The van der Waals surface area contributed by atoms with Gasteiger partial charge in [-0.25, -0.2) is 0 Å². The van der Waals surface area contributed by atoms with Crippen molar-refractivity contribution in [2.45, 2.75) is 26.4 Å². The smallest absolute Gasteiger partial charge is 0.0540 e. The Morgan fingerprint density at radius 1 is 1.29 bits per heavy atom. The van der Waals surface area contributed by atoms with Gasteiger partial charge in [-0.05, 0) is 30.3 Å². The van der Waals surface area contributed by atoms with Crippen molar-refractivity contribution >= 4 is 11.3 Å². The van der Waals surface area contributed by atoms with Crippen molar-refractivity contribution in [2.24, 2.45) is 0 Å². The molecule has 1 N–H and O–H groups in total. The lowest BCUT2D eigenvalue weighted by atomic mass is 10.2. The molecule has 0 spiro atoms. The van der Waals surface area contributed by atoms with Crippen molar-refractivity contribution in [3.05, 3.63) is 52.0 Å². The molecule has 4 heteroatoms. The lowest BCUT2D eigenvalue weighted by Gasteiger charge is -2.19. The van der Waals surface area contributed by atoms with Gasteiger partial charge in [0.2, 0.25) is 0 Å². The first-order chi connectivity index (χ1) is 10.3. The van der Waals surface area contributed by atoms with Crippen molar-refractivity contribution in [2.75, 3.05) is 13.2 Å².